The van der Waals surface area contributed by atoms with Crippen molar-refractivity contribution in [2.45, 2.75) is 39.5 Å². The van der Waals surface area contributed by atoms with E-state index in [1.165, 1.54) is 49.2 Å². The first kappa shape index (κ1) is 23.1. The molecule has 0 aromatic rings. The molecule has 7 heteroatoms. The summed E-state index contributed by atoms with van der Waals surface area (Å²) in [5, 5.41) is 0. The van der Waals surface area contributed by atoms with Crippen molar-refractivity contribution < 1.29 is 17.1 Å². The number of thioether (sulfide) groups is 2. The molecule has 0 rings (SSSR count). The summed E-state index contributed by atoms with van der Waals surface area (Å²) in [6, 6.07) is 0. The van der Waals surface area contributed by atoms with E-state index >= 15 is 0 Å². The molecule has 0 atom stereocenters. The van der Waals surface area contributed by atoms with E-state index in [9.17, 15) is 0 Å². The van der Waals surface area contributed by atoms with Gasteiger partial charge in [0, 0.05) is 0 Å². The summed E-state index contributed by atoms with van der Waals surface area (Å²) >= 11 is 12.0. The molecule has 105 valence electrons. The molecule has 0 amide bonds. The fourth-order valence-electron chi connectivity index (χ4n) is 0.618. The summed E-state index contributed by atoms with van der Waals surface area (Å²) in [4.78, 5) is 0. The maximum Gasteiger partial charge on any atom is 2.00 e. The van der Waals surface area contributed by atoms with E-state index in [-0.39, 0.29) is 17.1 Å². The van der Waals surface area contributed by atoms with Crippen LogP contribution in [-0.4, -0.2) is 20.1 Å². The van der Waals surface area contributed by atoms with Gasteiger partial charge in [-0.1, -0.05) is 51.1 Å². The van der Waals surface area contributed by atoms with Crippen LogP contribution < -0.4 is 0 Å². The molecule has 0 aliphatic carbocycles. The van der Waals surface area contributed by atoms with Gasteiger partial charge in [-0.25, -0.2) is 0 Å². The molecule has 2 N–H and O–H groups in total. The Labute approximate surface area is 135 Å². The van der Waals surface area contributed by atoms with Crippen LogP contribution in [0.3, 0.4) is 0 Å². The molecule has 2 nitrogen and oxygen atoms in total. The maximum absolute atomic E-state index is 6.85. The van der Waals surface area contributed by atoms with E-state index in [1.807, 2.05) is 0 Å². The van der Waals surface area contributed by atoms with E-state index in [2.05, 4.69) is 38.3 Å². The molecule has 0 saturated carbocycles. The molecule has 0 aliphatic rings. The molecule has 0 aliphatic heterocycles. The number of hydrogen-bond donors (Lipinski definition) is 0. The number of thiocarbonyl (C=S) groups is 2. The fraction of sp³-hybridized carbons (Fsp3) is 0.800. The Morgan fingerprint density at radius 1 is 0.882 bits per heavy atom. The number of rotatable bonds is 6. The maximum atomic E-state index is 6.85. The number of unbranched alkanes of at least 4 members (excludes halogenated alkanes) is 2. The molecule has 0 fully saturated rings. The van der Waals surface area contributed by atoms with Gasteiger partial charge in [-0.15, -0.1) is 23.5 Å². The Bertz CT molecular complexity index is 171. The summed E-state index contributed by atoms with van der Waals surface area (Å²) in [7, 11) is 0. The van der Waals surface area contributed by atoms with Gasteiger partial charge in [0.2, 0.25) is 0 Å². The van der Waals surface area contributed by atoms with Crippen LogP contribution in [0.15, 0.2) is 0 Å². The van der Waals surface area contributed by atoms with Gasteiger partial charge in [-0.05, 0) is 33.0 Å². The van der Waals surface area contributed by atoms with Crippen LogP contribution >= 0.6 is 48.0 Å². The zero-order valence-electron chi connectivity index (χ0n) is 10.2. The molecule has 0 aromatic heterocycles. The second-order valence-electron chi connectivity index (χ2n) is 2.98. The second kappa shape index (κ2) is 19.3. The normalized spacial score (nSPS) is 8.59. The third-order valence-electron chi connectivity index (χ3n) is 1.46. The average molecular weight is 360 g/mol. The third-order valence-corrected chi connectivity index (χ3v) is 3.68. The van der Waals surface area contributed by atoms with E-state index in [0.29, 0.717) is 8.64 Å². The SMILES string of the molecule is CCCCSC([NH-])=S.CCCCSC([NH-])=S.[Cu+2]. The predicted molar refractivity (Wildman–Crippen MR) is 88.6 cm³/mol. The smallest absolute Gasteiger partial charge is 0.684 e. The first-order chi connectivity index (χ1) is 7.54. The Balaban J connectivity index is -0.000000218. The fourth-order valence-corrected chi connectivity index (χ4v) is 2.36. The largest absolute Gasteiger partial charge is 2.00 e. The zero-order chi connectivity index (χ0) is 12.8. The van der Waals surface area contributed by atoms with Gasteiger partial charge >= 0.3 is 17.1 Å². The van der Waals surface area contributed by atoms with E-state index < -0.39 is 0 Å². The van der Waals surface area contributed by atoms with E-state index in [4.69, 9.17) is 11.5 Å². The Morgan fingerprint density at radius 3 is 1.35 bits per heavy atom. The quantitative estimate of drug-likeness (QED) is 0.346. The van der Waals surface area contributed by atoms with Crippen molar-refractivity contribution in [3.8, 4) is 0 Å². The van der Waals surface area contributed by atoms with Gasteiger partial charge in [-0.2, -0.15) is 0 Å². The third kappa shape index (κ3) is 31.6. The summed E-state index contributed by atoms with van der Waals surface area (Å²) in [5.41, 5.74) is 13.7. The zero-order valence-corrected chi connectivity index (χ0v) is 14.4. The summed E-state index contributed by atoms with van der Waals surface area (Å²) < 4.78 is 0.636. The molecular formula is C10H20CuN2S4. The molecule has 0 bridgehead atoms. The van der Waals surface area contributed by atoms with Crippen LogP contribution in [0.5, 0.6) is 0 Å². The molecule has 0 unspecified atom stereocenters. The molecule has 0 heterocycles. The Morgan fingerprint density at radius 2 is 1.18 bits per heavy atom. The van der Waals surface area contributed by atoms with Crippen LogP contribution in [0.1, 0.15) is 39.5 Å². The van der Waals surface area contributed by atoms with Gasteiger partial charge in [-0.3, -0.25) is 0 Å². The molecule has 0 saturated heterocycles. The number of nitrogens with one attached hydrogen (secondary N) is 2. The molecule has 1 radical (unpaired) electrons. The van der Waals surface area contributed by atoms with Gasteiger partial charge < -0.3 is 11.5 Å². The molecule has 0 spiro atoms. The van der Waals surface area contributed by atoms with Crippen molar-refractivity contribution in [3.05, 3.63) is 11.5 Å². The van der Waals surface area contributed by atoms with Crippen molar-refractivity contribution in [2.24, 2.45) is 0 Å². The molecule has 17 heavy (non-hydrogen) atoms. The molecule has 0 aromatic carbocycles. The summed E-state index contributed by atoms with van der Waals surface area (Å²) in [6.07, 6.45) is 4.72. The van der Waals surface area contributed by atoms with Crippen LogP contribution in [-0.2, 0) is 17.1 Å². The van der Waals surface area contributed by atoms with Crippen LogP contribution in [0.4, 0.5) is 0 Å². The van der Waals surface area contributed by atoms with E-state index in [0.717, 1.165) is 11.5 Å². The molecular weight excluding hydrogens is 340 g/mol. The first-order valence-electron chi connectivity index (χ1n) is 5.31. The van der Waals surface area contributed by atoms with Crippen molar-refractivity contribution >= 4 is 56.6 Å². The average Bonchev–Trinajstić information content (AvgIpc) is 2.18. The minimum atomic E-state index is 0. The summed E-state index contributed by atoms with van der Waals surface area (Å²) in [6.45, 7) is 4.26. The minimum absolute atomic E-state index is 0. The van der Waals surface area contributed by atoms with Gasteiger partial charge in [0.15, 0.2) is 0 Å². The first-order valence-corrected chi connectivity index (χ1v) is 8.10. The standard InChI is InChI=1S/2C5H11NS2.Cu/c2*1-2-3-4-8-5(6)7;/h2*2-4H2,1H3,(H2,6,7);/q;;+2/p-2. The van der Waals surface area contributed by atoms with Gasteiger partial charge in [0.25, 0.3) is 0 Å². The van der Waals surface area contributed by atoms with E-state index in [1.54, 1.807) is 0 Å². The van der Waals surface area contributed by atoms with Crippen molar-refractivity contribution in [1.82, 2.24) is 0 Å². The monoisotopic (exact) mass is 359 g/mol. The summed E-state index contributed by atoms with van der Waals surface area (Å²) in [5.74, 6) is 2.03. The second-order valence-corrected chi connectivity index (χ2v) is 6.52. The topological polar surface area (TPSA) is 47.6 Å². The van der Waals surface area contributed by atoms with Crippen molar-refractivity contribution in [3.63, 3.8) is 0 Å². The number of hydrogen-bond acceptors (Lipinski definition) is 4. The van der Waals surface area contributed by atoms with Crippen LogP contribution in [0.2, 0.25) is 0 Å². The van der Waals surface area contributed by atoms with Crippen LogP contribution in [0, 0.1) is 0 Å². The minimum Gasteiger partial charge on any atom is -0.684 e. The van der Waals surface area contributed by atoms with Gasteiger partial charge in [0.1, 0.15) is 0 Å². The predicted octanol–water partition coefficient (Wildman–Crippen LogP) is 5.71. The Hall–Kier alpha value is 0.999. The Kier molecular flexibility index (Phi) is 26.3. The van der Waals surface area contributed by atoms with Crippen molar-refractivity contribution in [2.75, 3.05) is 11.5 Å². The van der Waals surface area contributed by atoms with Crippen LogP contribution in [0.25, 0.3) is 11.5 Å². The van der Waals surface area contributed by atoms with Gasteiger partial charge in [0.05, 0.1) is 0 Å². The van der Waals surface area contributed by atoms with Crippen molar-refractivity contribution in [1.29, 1.82) is 0 Å².